The summed E-state index contributed by atoms with van der Waals surface area (Å²) in [4.78, 5) is 1.08. The lowest BCUT2D eigenvalue weighted by atomic mass is 9.96. The SMILES string of the molecule is CSC1CCCC(NS(=O)(=O)c2ccsc2CN)C1. The molecule has 2 unspecified atom stereocenters. The summed E-state index contributed by atoms with van der Waals surface area (Å²) in [5, 5.41) is 2.35. The predicted molar refractivity (Wildman–Crippen MR) is 82.1 cm³/mol. The van der Waals surface area contributed by atoms with E-state index in [1.54, 1.807) is 11.4 Å². The van der Waals surface area contributed by atoms with Gasteiger partial charge < -0.3 is 5.73 Å². The molecular formula is C12H20N2O2S3. The van der Waals surface area contributed by atoms with Gasteiger partial charge in [0.25, 0.3) is 0 Å². The fourth-order valence-corrected chi connectivity index (χ4v) is 5.91. The van der Waals surface area contributed by atoms with Gasteiger partial charge in [0, 0.05) is 22.7 Å². The van der Waals surface area contributed by atoms with Crippen LogP contribution in [-0.4, -0.2) is 26.0 Å². The first kappa shape index (κ1) is 15.3. The molecule has 1 saturated carbocycles. The summed E-state index contributed by atoms with van der Waals surface area (Å²) in [7, 11) is -3.42. The van der Waals surface area contributed by atoms with E-state index in [0.717, 1.165) is 24.1 Å². The highest BCUT2D eigenvalue weighted by atomic mass is 32.2. The number of hydrogen-bond acceptors (Lipinski definition) is 5. The molecule has 1 fully saturated rings. The molecule has 1 aliphatic carbocycles. The second-order valence-corrected chi connectivity index (χ2v) is 8.58. The zero-order chi connectivity index (χ0) is 13.9. The third kappa shape index (κ3) is 3.72. The van der Waals surface area contributed by atoms with Gasteiger partial charge in [-0.2, -0.15) is 11.8 Å². The van der Waals surface area contributed by atoms with Crippen molar-refractivity contribution in [3.05, 3.63) is 16.3 Å². The van der Waals surface area contributed by atoms with Gasteiger partial charge in [-0.1, -0.05) is 6.42 Å². The first-order valence-electron chi connectivity index (χ1n) is 6.38. The maximum Gasteiger partial charge on any atom is 0.241 e. The summed E-state index contributed by atoms with van der Waals surface area (Å²) < 4.78 is 27.6. The Bertz CT molecular complexity index is 513. The van der Waals surface area contributed by atoms with Crippen LogP contribution in [0.3, 0.4) is 0 Å². The summed E-state index contributed by atoms with van der Waals surface area (Å²) in [5.41, 5.74) is 5.58. The van der Waals surface area contributed by atoms with E-state index in [1.165, 1.54) is 17.8 Å². The number of nitrogens with two attached hydrogens (primary N) is 1. The Hall–Kier alpha value is -0.0800. The van der Waals surface area contributed by atoms with Crippen molar-refractivity contribution in [1.29, 1.82) is 0 Å². The highest BCUT2D eigenvalue weighted by molar-refractivity contribution is 7.99. The van der Waals surface area contributed by atoms with Gasteiger partial charge in [-0.05, 0) is 37.0 Å². The minimum absolute atomic E-state index is 0.0572. The zero-order valence-electron chi connectivity index (χ0n) is 11.0. The van der Waals surface area contributed by atoms with Crippen molar-refractivity contribution in [3.63, 3.8) is 0 Å². The van der Waals surface area contributed by atoms with Crippen molar-refractivity contribution in [1.82, 2.24) is 4.72 Å². The Kier molecular flexibility index (Phi) is 5.30. The molecule has 0 aromatic carbocycles. The van der Waals surface area contributed by atoms with Crippen LogP contribution in [0.4, 0.5) is 0 Å². The Morgan fingerprint density at radius 3 is 3.00 bits per heavy atom. The third-order valence-corrected chi connectivity index (χ3v) is 7.23. The fourth-order valence-electron chi connectivity index (χ4n) is 2.47. The average Bonchev–Trinajstić information content (AvgIpc) is 2.87. The quantitative estimate of drug-likeness (QED) is 0.872. The van der Waals surface area contributed by atoms with Crippen LogP contribution in [0.5, 0.6) is 0 Å². The summed E-state index contributed by atoms with van der Waals surface area (Å²) in [6.07, 6.45) is 6.21. The molecule has 108 valence electrons. The average molecular weight is 321 g/mol. The van der Waals surface area contributed by atoms with Crippen LogP contribution in [0.2, 0.25) is 0 Å². The minimum atomic E-state index is -3.42. The molecule has 1 aromatic heterocycles. The van der Waals surface area contributed by atoms with Crippen LogP contribution in [0.15, 0.2) is 16.3 Å². The standard InChI is InChI=1S/C12H20N2O2S3/c1-17-10-4-2-3-9(7-10)14-19(15,16)12-5-6-18-11(12)8-13/h5-6,9-10,14H,2-4,7-8,13H2,1H3. The molecule has 1 aromatic rings. The van der Waals surface area contributed by atoms with E-state index in [9.17, 15) is 8.42 Å². The Labute approximate surface area is 123 Å². The molecule has 0 bridgehead atoms. The van der Waals surface area contributed by atoms with Crippen LogP contribution in [0.25, 0.3) is 0 Å². The molecule has 1 aliphatic rings. The van der Waals surface area contributed by atoms with Crippen molar-refractivity contribution in [2.45, 2.75) is 48.4 Å². The lowest BCUT2D eigenvalue weighted by Crippen LogP contribution is -2.39. The van der Waals surface area contributed by atoms with Crippen LogP contribution in [0, 0.1) is 0 Å². The van der Waals surface area contributed by atoms with E-state index < -0.39 is 10.0 Å². The first-order valence-corrected chi connectivity index (χ1v) is 10.0. The predicted octanol–water partition coefficient (Wildman–Crippen LogP) is 2.16. The molecule has 0 radical (unpaired) electrons. The number of thiophene rings is 1. The molecule has 0 spiro atoms. The van der Waals surface area contributed by atoms with E-state index in [4.69, 9.17) is 5.73 Å². The maximum atomic E-state index is 12.4. The molecule has 19 heavy (non-hydrogen) atoms. The minimum Gasteiger partial charge on any atom is -0.326 e. The molecule has 0 amide bonds. The van der Waals surface area contributed by atoms with E-state index in [0.29, 0.717) is 10.1 Å². The van der Waals surface area contributed by atoms with E-state index in [1.807, 2.05) is 11.8 Å². The Balaban J connectivity index is 2.09. The molecule has 4 nitrogen and oxygen atoms in total. The maximum absolute atomic E-state index is 12.4. The van der Waals surface area contributed by atoms with Crippen molar-refractivity contribution in [3.8, 4) is 0 Å². The molecule has 2 atom stereocenters. The summed E-state index contributed by atoms with van der Waals surface area (Å²) in [6.45, 7) is 0.270. The molecular weight excluding hydrogens is 300 g/mol. The largest absolute Gasteiger partial charge is 0.326 e. The first-order chi connectivity index (χ1) is 9.06. The van der Waals surface area contributed by atoms with Crippen molar-refractivity contribution >= 4 is 33.1 Å². The Morgan fingerprint density at radius 1 is 1.53 bits per heavy atom. The van der Waals surface area contributed by atoms with Gasteiger partial charge in [-0.25, -0.2) is 13.1 Å². The summed E-state index contributed by atoms with van der Waals surface area (Å²) >= 11 is 3.22. The second kappa shape index (κ2) is 6.58. The van der Waals surface area contributed by atoms with Gasteiger partial charge >= 0.3 is 0 Å². The van der Waals surface area contributed by atoms with Gasteiger partial charge in [0.15, 0.2) is 0 Å². The van der Waals surface area contributed by atoms with Crippen LogP contribution >= 0.6 is 23.1 Å². The van der Waals surface area contributed by atoms with Crippen LogP contribution in [-0.2, 0) is 16.6 Å². The van der Waals surface area contributed by atoms with E-state index in [-0.39, 0.29) is 12.6 Å². The van der Waals surface area contributed by atoms with Crippen molar-refractivity contribution in [2.24, 2.45) is 5.73 Å². The van der Waals surface area contributed by atoms with Gasteiger partial charge in [0.1, 0.15) is 0 Å². The van der Waals surface area contributed by atoms with Crippen molar-refractivity contribution in [2.75, 3.05) is 6.26 Å². The Morgan fingerprint density at radius 2 is 2.32 bits per heavy atom. The molecule has 1 heterocycles. The van der Waals surface area contributed by atoms with Gasteiger partial charge in [0.05, 0.1) is 4.90 Å². The van der Waals surface area contributed by atoms with E-state index in [2.05, 4.69) is 11.0 Å². The number of nitrogens with one attached hydrogen (secondary N) is 1. The second-order valence-electron chi connectivity index (χ2n) is 4.75. The normalized spacial score (nSPS) is 24.5. The van der Waals surface area contributed by atoms with E-state index >= 15 is 0 Å². The lowest BCUT2D eigenvalue weighted by Gasteiger charge is -2.28. The van der Waals surface area contributed by atoms with Crippen molar-refractivity contribution < 1.29 is 8.42 Å². The van der Waals surface area contributed by atoms with Gasteiger partial charge in [0.2, 0.25) is 10.0 Å². The lowest BCUT2D eigenvalue weighted by molar-refractivity contribution is 0.420. The number of sulfonamides is 1. The molecule has 7 heteroatoms. The molecule has 0 saturated heterocycles. The monoisotopic (exact) mass is 320 g/mol. The highest BCUT2D eigenvalue weighted by Gasteiger charge is 2.27. The summed E-state index contributed by atoms with van der Waals surface area (Å²) in [6, 6.07) is 1.70. The van der Waals surface area contributed by atoms with Crippen LogP contribution < -0.4 is 10.5 Å². The van der Waals surface area contributed by atoms with Gasteiger partial charge in [-0.15, -0.1) is 11.3 Å². The number of thioether (sulfide) groups is 1. The number of rotatable bonds is 5. The third-order valence-electron chi connectivity index (χ3n) is 3.46. The van der Waals surface area contributed by atoms with Crippen LogP contribution in [0.1, 0.15) is 30.6 Å². The highest BCUT2D eigenvalue weighted by Crippen LogP contribution is 2.28. The fraction of sp³-hybridized carbons (Fsp3) is 0.667. The topological polar surface area (TPSA) is 72.2 Å². The smallest absolute Gasteiger partial charge is 0.241 e. The molecule has 2 rings (SSSR count). The summed E-state index contributed by atoms with van der Waals surface area (Å²) in [5.74, 6) is 0. The molecule has 0 aliphatic heterocycles. The molecule has 3 N–H and O–H groups in total. The van der Waals surface area contributed by atoms with Gasteiger partial charge in [-0.3, -0.25) is 0 Å². The number of hydrogen-bond donors (Lipinski definition) is 2. The zero-order valence-corrected chi connectivity index (χ0v) is 13.4.